The van der Waals surface area contributed by atoms with Gasteiger partial charge in [-0.25, -0.2) is 0 Å². The van der Waals surface area contributed by atoms with Gasteiger partial charge in [-0.05, 0) is 54.8 Å². The molecule has 1 saturated heterocycles. The van der Waals surface area contributed by atoms with Gasteiger partial charge in [-0.1, -0.05) is 45.0 Å². The minimum Gasteiger partial charge on any atom is -0.316 e. The third-order valence-corrected chi connectivity index (χ3v) is 4.13. The highest BCUT2D eigenvalue weighted by atomic mass is 14.9. The van der Waals surface area contributed by atoms with Crippen LogP contribution < -0.4 is 5.32 Å². The molecule has 1 fully saturated rings. The summed E-state index contributed by atoms with van der Waals surface area (Å²) in [6.45, 7) is 9.29. The van der Waals surface area contributed by atoms with E-state index in [4.69, 9.17) is 0 Å². The highest BCUT2D eigenvalue weighted by molar-refractivity contribution is 5.25. The van der Waals surface area contributed by atoms with Crippen molar-refractivity contribution in [3.8, 4) is 0 Å². The van der Waals surface area contributed by atoms with Crippen molar-refractivity contribution in [1.29, 1.82) is 0 Å². The van der Waals surface area contributed by atoms with Crippen molar-refractivity contribution in [2.24, 2.45) is 11.8 Å². The van der Waals surface area contributed by atoms with Crippen molar-refractivity contribution in [1.82, 2.24) is 5.32 Å². The molecular formula is C16H25N. The maximum absolute atomic E-state index is 3.52. The van der Waals surface area contributed by atoms with Gasteiger partial charge in [0.15, 0.2) is 0 Å². The molecule has 0 bridgehead atoms. The van der Waals surface area contributed by atoms with E-state index in [2.05, 4.69) is 50.4 Å². The van der Waals surface area contributed by atoms with Gasteiger partial charge in [0.25, 0.3) is 0 Å². The zero-order valence-corrected chi connectivity index (χ0v) is 11.4. The summed E-state index contributed by atoms with van der Waals surface area (Å²) in [4.78, 5) is 0. The lowest BCUT2D eigenvalue weighted by molar-refractivity contribution is 0.272. The van der Waals surface area contributed by atoms with E-state index in [1.165, 1.54) is 37.1 Å². The molecule has 1 N–H and O–H groups in total. The third kappa shape index (κ3) is 3.32. The van der Waals surface area contributed by atoms with Crippen molar-refractivity contribution >= 4 is 0 Å². The smallest absolute Gasteiger partial charge is 0.00148 e. The van der Waals surface area contributed by atoms with E-state index in [9.17, 15) is 0 Å². The monoisotopic (exact) mass is 231 g/mol. The molecule has 0 aliphatic carbocycles. The minimum absolute atomic E-state index is 0.638. The van der Waals surface area contributed by atoms with Crippen LogP contribution in [0, 0.1) is 11.8 Å². The normalized spacial score (nSPS) is 25.2. The molecule has 17 heavy (non-hydrogen) atoms. The fourth-order valence-corrected chi connectivity index (χ4v) is 2.67. The van der Waals surface area contributed by atoms with Crippen LogP contribution in [0.4, 0.5) is 0 Å². The van der Waals surface area contributed by atoms with Crippen LogP contribution in [0.1, 0.15) is 44.2 Å². The zero-order chi connectivity index (χ0) is 12.3. The van der Waals surface area contributed by atoms with Gasteiger partial charge >= 0.3 is 0 Å². The third-order valence-electron chi connectivity index (χ3n) is 4.13. The van der Waals surface area contributed by atoms with E-state index in [-0.39, 0.29) is 0 Å². The van der Waals surface area contributed by atoms with Gasteiger partial charge in [-0.2, -0.15) is 0 Å². The molecule has 1 aromatic rings. The molecule has 2 unspecified atom stereocenters. The summed E-state index contributed by atoms with van der Waals surface area (Å²) >= 11 is 0. The van der Waals surface area contributed by atoms with Gasteiger partial charge in [0.05, 0.1) is 0 Å². The summed E-state index contributed by atoms with van der Waals surface area (Å²) in [7, 11) is 0. The van der Waals surface area contributed by atoms with Gasteiger partial charge < -0.3 is 5.32 Å². The molecule has 0 amide bonds. The van der Waals surface area contributed by atoms with Gasteiger partial charge in [-0.15, -0.1) is 0 Å². The summed E-state index contributed by atoms with van der Waals surface area (Å²) in [5.74, 6) is 2.31. The highest BCUT2D eigenvalue weighted by Crippen LogP contribution is 2.23. The second-order valence-corrected chi connectivity index (χ2v) is 5.83. The van der Waals surface area contributed by atoms with Crippen LogP contribution in [0.25, 0.3) is 0 Å². The molecule has 0 radical (unpaired) electrons. The Morgan fingerprint density at radius 3 is 2.53 bits per heavy atom. The Labute approximate surface area is 106 Å². The Bertz CT molecular complexity index is 339. The predicted molar refractivity (Wildman–Crippen MR) is 74.4 cm³/mol. The van der Waals surface area contributed by atoms with E-state index in [0.29, 0.717) is 5.92 Å². The van der Waals surface area contributed by atoms with Crippen LogP contribution in [0.15, 0.2) is 24.3 Å². The first kappa shape index (κ1) is 12.6. The van der Waals surface area contributed by atoms with Gasteiger partial charge in [0.1, 0.15) is 0 Å². The lowest BCUT2D eigenvalue weighted by atomic mass is 9.83. The number of nitrogens with one attached hydrogen (secondary N) is 1. The lowest BCUT2D eigenvalue weighted by Crippen LogP contribution is -2.36. The van der Waals surface area contributed by atoms with Crippen molar-refractivity contribution in [3.63, 3.8) is 0 Å². The molecule has 1 aliphatic heterocycles. The number of hydrogen-bond acceptors (Lipinski definition) is 1. The van der Waals surface area contributed by atoms with Crippen LogP contribution in [0.5, 0.6) is 0 Å². The Balaban J connectivity index is 1.98. The van der Waals surface area contributed by atoms with Crippen LogP contribution in [-0.2, 0) is 6.42 Å². The maximum Gasteiger partial charge on any atom is -0.00148 e. The first-order valence-electron chi connectivity index (χ1n) is 6.96. The van der Waals surface area contributed by atoms with E-state index < -0.39 is 0 Å². The van der Waals surface area contributed by atoms with Crippen LogP contribution in [0.2, 0.25) is 0 Å². The first-order valence-corrected chi connectivity index (χ1v) is 6.96. The Morgan fingerprint density at radius 2 is 1.94 bits per heavy atom. The average Bonchev–Trinajstić information content (AvgIpc) is 2.33. The van der Waals surface area contributed by atoms with Crippen molar-refractivity contribution < 1.29 is 0 Å². The number of rotatable bonds is 3. The molecule has 2 atom stereocenters. The highest BCUT2D eigenvalue weighted by Gasteiger charge is 2.20. The summed E-state index contributed by atoms with van der Waals surface area (Å²) in [5.41, 5.74) is 2.94. The predicted octanol–water partition coefficient (Wildman–Crippen LogP) is 3.60. The molecular weight excluding hydrogens is 206 g/mol. The molecule has 1 aliphatic rings. The quantitative estimate of drug-likeness (QED) is 0.838. The average molecular weight is 231 g/mol. The second-order valence-electron chi connectivity index (χ2n) is 5.83. The Hall–Kier alpha value is -0.820. The lowest BCUT2D eigenvalue weighted by Gasteiger charge is -2.29. The summed E-state index contributed by atoms with van der Waals surface area (Å²) in [6.07, 6.45) is 2.56. The number of piperidine rings is 1. The molecule has 1 nitrogen and oxygen atoms in total. The fraction of sp³-hybridized carbons (Fsp3) is 0.625. The number of benzene rings is 1. The Morgan fingerprint density at radius 1 is 1.24 bits per heavy atom. The summed E-state index contributed by atoms with van der Waals surface area (Å²) in [5, 5.41) is 3.52. The summed E-state index contributed by atoms with van der Waals surface area (Å²) < 4.78 is 0. The Kier molecular flexibility index (Phi) is 4.22. The maximum atomic E-state index is 3.52. The van der Waals surface area contributed by atoms with E-state index in [1.54, 1.807) is 0 Å². The van der Waals surface area contributed by atoms with Gasteiger partial charge in [0.2, 0.25) is 0 Å². The van der Waals surface area contributed by atoms with E-state index in [1.807, 2.05) is 0 Å². The molecule has 0 saturated carbocycles. The van der Waals surface area contributed by atoms with Crippen molar-refractivity contribution in [2.75, 3.05) is 13.1 Å². The van der Waals surface area contributed by atoms with Gasteiger partial charge in [-0.3, -0.25) is 0 Å². The zero-order valence-electron chi connectivity index (χ0n) is 11.4. The first-order chi connectivity index (χ1) is 8.16. The second kappa shape index (κ2) is 5.68. The van der Waals surface area contributed by atoms with Gasteiger partial charge in [0, 0.05) is 0 Å². The number of hydrogen-bond donors (Lipinski definition) is 1. The molecule has 0 aromatic heterocycles. The standard InChI is InChI=1S/C16H25N/c1-12(2)15-6-4-14(5-7-15)10-16-11-17-9-8-13(16)3/h4-7,12-13,16-17H,8-11H2,1-3H3. The van der Waals surface area contributed by atoms with Crippen LogP contribution in [-0.4, -0.2) is 13.1 Å². The molecule has 94 valence electrons. The van der Waals surface area contributed by atoms with Crippen LogP contribution >= 0.6 is 0 Å². The minimum atomic E-state index is 0.638. The molecule has 1 aromatic carbocycles. The molecule has 0 spiro atoms. The van der Waals surface area contributed by atoms with Crippen molar-refractivity contribution in [3.05, 3.63) is 35.4 Å². The molecule has 2 rings (SSSR count). The van der Waals surface area contributed by atoms with E-state index >= 15 is 0 Å². The fourth-order valence-electron chi connectivity index (χ4n) is 2.67. The largest absolute Gasteiger partial charge is 0.316 e. The van der Waals surface area contributed by atoms with Crippen LogP contribution in [0.3, 0.4) is 0 Å². The molecule has 1 heteroatoms. The SMILES string of the molecule is CC(C)c1ccc(CC2CNCCC2C)cc1. The van der Waals surface area contributed by atoms with E-state index in [0.717, 1.165) is 11.8 Å². The summed E-state index contributed by atoms with van der Waals surface area (Å²) in [6, 6.07) is 9.22. The molecule has 1 heterocycles. The van der Waals surface area contributed by atoms with Crippen molar-refractivity contribution in [2.45, 2.75) is 39.5 Å². The topological polar surface area (TPSA) is 12.0 Å².